The second kappa shape index (κ2) is 8.82. The summed E-state index contributed by atoms with van der Waals surface area (Å²) in [7, 11) is 1.78. The third kappa shape index (κ3) is 5.63. The lowest BCUT2D eigenvalue weighted by molar-refractivity contribution is -0.862. The Bertz CT molecular complexity index is 678. The number of quaternary nitrogens is 1. The van der Waals surface area contributed by atoms with E-state index in [4.69, 9.17) is 11.6 Å². The number of benzene rings is 2. The molecule has 0 aliphatic rings. The summed E-state index contributed by atoms with van der Waals surface area (Å²) < 4.78 is 0.812. The molecule has 0 heterocycles. The predicted molar refractivity (Wildman–Crippen MR) is 99.5 cm³/mol. The summed E-state index contributed by atoms with van der Waals surface area (Å²) in [5.74, 6) is -0.362. The summed E-state index contributed by atoms with van der Waals surface area (Å²) in [6.07, 6.45) is 0. The summed E-state index contributed by atoms with van der Waals surface area (Å²) in [6.45, 7) is 0.339. The van der Waals surface area contributed by atoms with Gasteiger partial charge < -0.3 is 15.5 Å². The zero-order valence-electron chi connectivity index (χ0n) is 13.1. The Hall–Kier alpha value is -1.89. The van der Waals surface area contributed by atoms with Crippen LogP contribution in [0, 0.1) is 0 Å². The van der Waals surface area contributed by atoms with Crippen molar-refractivity contribution < 1.29 is 14.5 Å². The molecule has 2 rings (SSSR count). The number of likely N-dealkylation sites (N-methyl/N-ethyl adjacent to an activating group) is 1. The van der Waals surface area contributed by atoms with Crippen LogP contribution in [0.3, 0.4) is 0 Å². The van der Waals surface area contributed by atoms with E-state index < -0.39 is 0 Å². The van der Waals surface area contributed by atoms with Crippen molar-refractivity contribution in [3.05, 3.63) is 58.0 Å². The third-order valence-electron chi connectivity index (χ3n) is 3.22. The Morgan fingerprint density at radius 3 is 2.04 bits per heavy atom. The summed E-state index contributed by atoms with van der Waals surface area (Å²) in [5, 5.41) is 6.04. The smallest absolute Gasteiger partial charge is 0.279 e. The molecule has 24 heavy (non-hydrogen) atoms. The molecule has 0 spiro atoms. The lowest BCUT2D eigenvalue weighted by Crippen LogP contribution is -3.11. The maximum atomic E-state index is 12.1. The van der Waals surface area contributed by atoms with Gasteiger partial charge in [-0.25, -0.2) is 0 Å². The summed E-state index contributed by atoms with van der Waals surface area (Å²) >= 11 is 9.38. The van der Waals surface area contributed by atoms with E-state index in [2.05, 4.69) is 26.6 Å². The van der Waals surface area contributed by atoms with Crippen LogP contribution in [0.1, 0.15) is 0 Å². The molecule has 2 amide bonds. The van der Waals surface area contributed by atoms with Gasteiger partial charge in [-0.3, -0.25) is 9.59 Å². The molecule has 0 aliphatic carbocycles. The average molecular weight is 412 g/mol. The molecule has 0 saturated carbocycles. The number of hydrogen-bond acceptors (Lipinski definition) is 2. The minimum atomic E-state index is -0.200. The minimum absolute atomic E-state index is 0.161. The Kier molecular flexibility index (Phi) is 6.78. The number of amides is 2. The van der Waals surface area contributed by atoms with Crippen LogP contribution in [0.2, 0.25) is 5.02 Å². The molecule has 2 aromatic carbocycles. The van der Waals surface area contributed by atoms with Gasteiger partial charge >= 0.3 is 0 Å². The highest BCUT2D eigenvalue weighted by molar-refractivity contribution is 9.10. The molecule has 2 aromatic rings. The summed E-state index contributed by atoms with van der Waals surface area (Å²) in [5.41, 5.74) is 1.27. The number of anilines is 2. The molecule has 126 valence electrons. The second-order valence-corrected chi connectivity index (χ2v) is 6.63. The Morgan fingerprint density at radius 1 is 0.958 bits per heavy atom. The van der Waals surface area contributed by atoms with Crippen LogP contribution in [-0.4, -0.2) is 32.0 Å². The van der Waals surface area contributed by atoms with Crippen LogP contribution in [0.5, 0.6) is 0 Å². The molecule has 1 unspecified atom stereocenters. The Labute approximate surface area is 154 Å². The van der Waals surface area contributed by atoms with Gasteiger partial charge in [-0.05, 0) is 40.2 Å². The molecule has 0 fully saturated rings. The molecule has 0 radical (unpaired) electrons. The number of halogens is 2. The van der Waals surface area contributed by atoms with Crippen LogP contribution in [0.25, 0.3) is 0 Å². The zero-order chi connectivity index (χ0) is 17.5. The van der Waals surface area contributed by atoms with E-state index in [9.17, 15) is 9.59 Å². The van der Waals surface area contributed by atoms with Crippen molar-refractivity contribution in [3.63, 3.8) is 0 Å². The largest absolute Gasteiger partial charge is 0.322 e. The van der Waals surface area contributed by atoms with Gasteiger partial charge in [0.15, 0.2) is 13.1 Å². The van der Waals surface area contributed by atoms with E-state index in [1.54, 1.807) is 37.4 Å². The second-order valence-electron chi connectivity index (χ2n) is 5.37. The van der Waals surface area contributed by atoms with Crippen molar-refractivity contribution in [2.24, 2.45) is 0 Å². The molecule has 7 heteroatoms. The lowest BCUT2D eigenvalue weighted by Gasteiger charge is -2.14. The van der Waals surface area contributed by atoms with Gasteiger partial charge in [0.1, 0.15) is 0 Å². The topological polar surface area (TPSA) is 62.6 Å². The monoisotopic (exact) mass is 410 g/mol. The highest BCUT2D eigenvalue weighted by atomic mass is 79.9. The number of hydrogen-bond donors (Lipinski definition) is 3. The van der Waals surface area contributed by atoms with E-state index >= 15 is 0 Å². The van der Waals surface area contributed by atoms with Crippen molar-refractivity contribution >= 4 is 50.7 Å². The minimum Gasteiger partial charge on any atom is -0.322 e. The first-order valence-electron chi connectivity index (χ1n) is 7.36. The van der Waals surface area contributed by atoms with Crippen molar-refractivity contribution in [1.29, 1.82) is 0 Å². The van der Waals surface area contributed by atoms with Gasteiger partial charge in [-0.15, -0.1) is 0 Å². The summed E-state index contributed by atoms with van der Waals surface area (Å²) in [6, 6.07) is 14.4. The van der Waals surface area contributed by atoms with Crippen molar-refractivity contribution in [2.45, 2.75) is 0 Å². The van der Waals surface area contributed by atoms with Crippen molar-refractivity contribution in [1.82, 2.24) is 0 Å². The Morgan fingerprint density at radius 2 is 1.46 bits per heavy atom. The molecule has 0 aliphatic heterocycles. The zero-order valence-corrected chi connectivity index (χ0v) is 15.4. The fourth-order valence-corrected chi connectivity index (χ4v) is 2.69. The molecule has 0 aromatic heterocycles. The van der Waals surface area contributed by atoms with E-state index in [1.165, 1.54) is 0 Å². The molecule has 0 bridgehead atoms. The fraction of sp³-hybridized carbons (Fsp3) is 0.176. The summed E-state index contributed by atoms with van der Waals surface area (Å²) in [4.78, 5) is 24.9. The molecule has 1 atom stereocenters. The molecular weight excluding hydrogens is 394 g/mol. The maximum Gasteiger partial charge on any atom is 0.279 e. The van der Waals surface area contributed by atoms with Crippen LogP contribution in [-0.2, 0) is 9.59 Å². The Balaban J connectivity index is 1.83. The first-order valence-corrected chi connectivity index (χ1v) is 8.53. The average Bonchev–Trinajstić information content (AvgIpc) is 2.51. The van der Waals surface area contributed by atoms with Crippen LogP contribution in [0.4, 0.5) is 11.4 Å². The predicted octanol–water partition coefficient (Wildman–Crippen LogP) is 2.19. The van der Waals surface area contributed by atoms with E-state index in [1.807, 2.05) is 18.2 Å². The van der Waals surface area contributed by atoms with Gasteiger partial charge in [-0.1, -0.05) is 35.9 Å². The maximum absolute atomic E-state index is 12.1. The van der Waals surface area contributed by atoms with E-state index in [0.717, 1.165) is 9.37 Å². The van der Waals surface area contributed by atoms with E-state index in [-0.39, 0.29) is 24.9 Å². The lowest BCUT2D eigenvalue weighted by atomic mass is 10.3. The molecule has 5 nitrogen and oxygen atoms in total. The molecule has 0 saturated heterocycles. The number of carbonyl (C=O) groups is 2. The van der Waals surface area contributed by atoms with E-state index in [0.29, 0.717) is 16.4 Å². The SMILES string of the molecule is C[NH+](CC(=O)Nc1ccccc1Cl)CC(=O)Nc1ccccc1Br. The number of para-hydroxylation sites is 2. The number of rotatable bonds is 6. The van der Waals surface area contributed by atoms with Gasteiger partial charge in [0.05, 0.1) is 23.4 Å². The van der Waals surface area contributed by atoms with Gasteiger partial charge in [0.2, 0.25) is 0 Å². The quantitative estimate of drug-likeness (QED) is 0.682. The molecule has 3 N–H and O–H groups in total. The standard InChI is InChI=1S/C17H17BrClN3O2/c1-22(10-16(23)20-14-8-4-2-6-12(14)18)11-17(24)21-15-9-5-3-7-13(15)19/h2-9H,10-11H2,1H3,(H,20,23)(H,21,24)/p+1. The first kappa shape index (κ1) is 18.4. The van der Waals surface area contributed by atoms with Gasteiger partial charge in [-0.2, -0.15) is 0 Å². The first-order chi connectivity index (χ1) is 11.5. The third-order valence-corrected chi connectivity index (χ3v) is 4.24. The highest BCUT2D eigenvalue weighted by Crippen LogP contribution is 2.21. The highest BCUT2D eigenvalue weighted by Gasteiger charge is 2.15. The van der Waals surface area contributed by atoms with Crippen LogP contribution < -0.4 is 15.5 Å². The van der Waals surface area contributed by atoms with Crippen molar-refractivity contribution in [2.75, 3.05) is 30.8 Å². The normalized spacial score (nSPS) is 11.6. The van der Waals surface area contributed by atoms with Crippen LogP contribution >= 0.6 is 27.5 Å². The fourth-order valence-electron chi connectivity index (χ4n) is 2.12. The molecular formula is C17H18BrClN3O2+. The number of nitrogens with one attached hydrogen (secondary N) is 3. The number of carbonyl (C=O) groups excluding carboxylic acids is 2. The van der Waals surface area contributed by atoms with Crippen LogP contribution in [0.15, 0.2) is 53.0 Å². The van der Waals surface area contributed by atoms with Gasteiger partial charge in [0, 0.05) is 4.47 Å². The van der Waals surface area contributed by atoms with Crippen molar-refractivity contribution in [3.8, 4) is 0 Å². The van der Waals surface area contributed by atoms with Gasteiger partial charge in [0.25, 0.3) is 11.8 Å².